The Morgan fingerprint density at radius 2 is 1.53 bits per heavy atom. The number of ether oxygens (including phenoxy) is 1. The van der Waals surface area contributed by atoms with Crippen LogP contribution in [-0.4, -0.2) is 5.84 Å². The van der Waals surface area contributed by atoms with Gasteiger partial charge in [-0.1, -0.05) is 32.0 Å². The van der Waals surface area contributed by atoms with Gasteiger partial charge in [-0.25, -0.2) is 4.99 Å². The van der Waals surface area contributed by atoms with Crippen LogP contribution in [-0.2, 0) is 0 Å². The maximum atomic E-state index is 5.83. The molecule has 3 heteroatoms. The lowest BCUT2D eigenvalue weighted by atomic mass is 10.2. The number of rotatable bonds is 4. The smallest absolute Gasteiger partial charge is 0.127 e. The van der Waals surface area contributed by atoms with Crippen molar-refractivity contribution in [3.63, 3.8) is 0 Å². The number of nitrogens with zero attached hydrogens (tertiary/aromatic N) is 1. The Morgan fingerprint density at radius 1 is 0.947 bits per heavy atom. The summed E-state index contributed by atoms with van der Waals surface area (Å²) in [5.41, 5.74) is 6.67. The summed E-state index contributed by atoms with van der Waals surface area (Å²) in [5, 5.41) is 0. The van der Waals surface area contributed by atoms with Gasteiger partial charge >= 0.3 is 0 Å². The Kier molecular flexibility index (Phi) is 4.18. The van der Waals surface area contributed by atoms with E-state index >= 15 is 0 Å². The summed E-state index contributed by atoms with van der Waals surface area (Å²) >= 11 is 0. The minimum Gasteiger partial charge on any atom is -0.457 e. The lowest BCUT2D eigenvalue weighted by molar-refractivity contribution is 0.483. The van der Waals surface area contributed by atoms with Crippen LogP contribution >= 0.6 is 0 Å². The van der Waals surface area contributed by atoms with Gasteiger partial charge < -0.3 is 10.5 Å². The van der Waals surface area contributed by atoms with Gasteiger partial charge in [-0.2, -0.15) is 0 Å². The van der Waals surface area contributed by atoms with Crippen molar-refractivity contribution in [2.45, 2.75) is 13.8 Å². The molecule has 0 aliphatic carbocycles. The Balaban J connectivity index is 2.09. The van der Waals surface area contributed by atoms with E-state index < -0.39 is 0 Å². The zero-order valence-electron chi connectivity index (χ0n) is 11.2. The van der Waals surface area contributed by atoms with Crippen LogP contribution in [0.5, 0.6) is 11.5 Å². The third-order valence-electron chi connectivity index (χ3n) is 2.67. The highest BCUT2D eigenvalue weighted by Crippen LogP contribution is 2.23. The second-order valence-corrected chi connectivity index (χ2v) is 4.60. The zero-order valence-corrected chi connectivity index (χ0v) is 11.2. The quantitative estimate of drug-likeness (QED) is 0.659. The lowest BCUT2D eigenvalue weighted by Gasteiger charge is -2.06. The van der Waals surface area contributed by atoms with Gasteiger partial charge in [0.1, 0.15) is 17.3 Å². The summed E-state index contributed by atoms with van der Waals surface area (Å²) in [4.78, 5) is 4.35. The Hall–Kier alpha value is -2.29. The molecule has 19 heavy (non-hydrogen) atoms. The summed E-state index contributed by atoms with van der Waals surface area (Å²) in [7, 11) is 0. The largest absolute Gasteiger partial charge is 0.457 e. The predicted molar refractivity (Wildman–Crippen MR) is 79.1 cm³/mol. The van der Waals surface area contributed by atoms with E-state index in [-0.39, 0.29) is 5.92 Å². The van der Waals surface area contributed by atoms with Crippen LogP contribution in [0.1, 0.15) is 13.8 Å². The molecule has 2 aromatic carbocycles. The summed E-state index contributed by atoms with van der Waals surface area (Å²) in [6.07, 6.45) is 0. The Morgan fingerprint density at radius 3 is 2.11 bits per heavy atom. The van der Waals surface area contributed by atoms with E-state index in [1.165, 1.54) is 0 Å². The van der Waals surface area contributed by atoms with E-state index in [2.05, 4.69) is 4.99 Å². The summed E-state index contributed by atoms with van der Waals surface area (Å²) in [6.45, 7) is 4.04. The zero-order chi connectivity index (χ0) is 13.7. The second kappa shape index (κ2) is 6.05. The van der Waals surface area contributed by atoms with E-state index in [0.29, 0.717) is 5.84 Å². The molecule has 0 aromatic heterocycles. The highest BCUT2D eigenvalue weighted by atomic mass is 16.5. The molecular formula is C16H18N2O. The highest BCUT2D eigenvalue weighted by molar-refractivity contribution is 5.84. The lowest BCUT2D eigenvalue weighted by Crippen LogP contribution is -2.17. The molecule has 0 saturated heterocycles. The topological polar surface area (TPSA) is 47.6 Å². The van der Waals surface area contributed by atoms with E-state index in [0.717, 1.165) is 17.2 Å². The van der Waals surface area contributed by atoms with E-state index in [1.807, 2.05) is 68.4 Å². The SMILES string of the molecule is CC(C)C(N)=Nc1ccc(Oc2ccccc2)cc1. The minimum absolute atomic E-state index is 0.250. The van der Waals surface area contributed by atoms with Gasteiger partial charge in [0.2, 0.25) is 0 Å². The third-order valence-corrected chi connectivity index (χ3v) is 2.67. The van der Waals surface area contributed by atoms with Gasteiger partial charge in [0, 0.05) is 5.92 Å². The molecule has 0 unspecified atom stereocenters. The molecule has 0 heterocycles. The molecule has 3 nitrogen and oxygen atoms in total. The van der Waals surface area contributed by atoms with Crippen molar-refractivity contribution in [2.75, 3.05) is 0 Å². The number of benzene rings is 2. The van der Waals surface area contributed by atoms with E-state index in [4.69, 9.17) is 10.5 Å². The second-order valence-electron chi connectivity index (χ2n) is 4.60. The van der Waals surface area contributed by atoms with E-state index in [9.17, 15) is 0 Å². The van der Waals surface area contributed by atoms with Gasteiger partial charge in [-0.3, -0.25) is 0 Å². The van der Waals surface area contributed by atoms with Crippen molar-refractivity contribution in [3.8, 4) is 11.5 Å². The normalized spacial score (nSPS) is 11.6. The fourth-order valence-corrected chi connectivity index (χ4v) is 1.49. The third kappa shape index (κ3) is 3.85. The molecule has 0 aliphatic heterocycles. The van der Waals surface area contributed by atoms with Crippen LogP contribution in [0.2, 0.25) is 0 Å². The molecule has 0 amide bonds. The first-order valence-corrected chi connectivity index (χ1v) is 6.32. The molecule has 2 rings (SSSR count). The molecule has 98 valence electrons. The molecular weight excluding hydrogens is 236 g/mol. The maximum Gasteiger partial charge on any atom is 0.127 e. The van der Waals surface area contributed by atoms with Crippen molar-refractivity contribution in [1.82, 2.24) is 0 Å². The number of nitrogens with two attached hydrogens (primary N) is 1. The maximum absolute atomic E-state index is 5.83. The van der Waals surface area contributed by atoms with Crippen LogP contribution in [0.4, 0.5) is 5.69 Å². The molecule has 0 atom stereocenters. The number of para-hydroxylation sites is 1. The molecule has 0 radical (unpaired) electrons. The Labute approximate surface area is 113 Å². The summed E-state index contributed by atoms with van der Waals surface area (Å²) in [6, 6.07) is 17.2. The van der Waals surface area contributed by atoms with E-state index in [1.54, 1.807) is 0 Å². The van der Waals surface area contributed by atoms with Crippen molar-refractivity contribution < 1.29 is 4.74 Å². The fourth-order valence-electron chi connectivity index (χ4n) is 1.49. The number of hydrogen-bond donors (Lipinski definition) is 1. The molecule has 0 saturated carbocycles. The highest BCUT2D eigenvalue weighted by Gasteiger charge is 2.00. The summed E-state index contributed by atoms with van der Waals surface area (Å²) in [5.74, 6) is 2.49. The molecule has 0 aliphatic rings. The molecule has 0 bridgehead atoms. The Bertz CT molecular complexity index is 545. The van der Waals surface area contributed by atoms with Crippen LogP contribution in [0.3, 0.4) is 0 Å². The van der Waals surface area contributed by atoms with Gasteiger partial charge in [0.15, 0.2) is 0 Å². The molecule has 0 fully saturated rings. The van der Waals surface area contributed by atoms with Crippen LogP contribution < -0.4 is 10.5 Å². The van der Waals surface area contributed by atoms with Gasteiger partial charge in [-0.15, -0.1) is 0 Å². The minimum atomic E-state index is 0.250. The van der Waals surface area contributed by atoms with Gasteiger partial charge in [0.25, 0.3) is 0 Å². The van der Waals surface area contributed by atoms with Crippen LogP contribution in [0, 0.1) is 5.92 Å². The van der Waals surface area contributed by atoms with Gasteiger partial charge in [-0.05, 0) is 36.4 Å². The van der Waals surface area contributed by atoms with Crippen molar-refractivity contribution >= 4 is 11.5 Å². The molecule has 2 N–H and O–H groups in total. The first-order valence-electron chi connectivity index (χ1n) is 6.32. The number of aliphatic imine (C=N–C) groups is 1. The number of amidine groups is 1. The van der Waals surface area contributed by atoms with Crippen molar-refractivity contribution in [1.29, 1.82) is 0 Å². The average Bonchev–Trinajstić information content (AvgIpc) is 2.42. The van der Waals surface area contributed by atoms with Crippen LogP contribution in [0.15, 0.2) is 59.6 Å². The van der Waals surface area contributed by atoms with Crippen LogP contribution in [0.25, 0.3) is 0 Å². The van der Waals surface area contributed by atoms with Crippen molar-refractivity contribution in [3.05, 3.63) is 54.6 Å². The predicted octanol–water partition coefficient (Wildman–Crippen LogP) is 4.12. The molecule has 0 spiro atoms. The van der Waals surface area contributed by atoms with Crippen molar-refractivity contribution in [2.24, 2.45) is 16.6 Å². The fraction of sp³-hybridized carbons (Fsp3) is 0.188. The monoisotopic (exact) mass is 254 g/mol. The first kappa shape index (κ1) is 13.1. The molecule has 2 aromatic rings. The summed E-state index contributed by atoms with van der Waals surface area (Å²) < 4.78 is 5.71. The van der Waals surface area contributed by atoms with Gasteiger partial charge in [0.05, 0.1) is 5.69 Å². The standard InChI is InChI=1S/C16H18N2O/c1-12(2)16(17)18-13-8-10-15(11-9-13)19-14-6-4-3-5-7-14/h3-12H,1-2H3,(H2,17,18). The number of hydrogen-bond acceptors (Lipinski definition) is 2. The average molecular weight is 254 g/mol. The first-order chi connectivity index (χ1) is 9.15.